The van der Waals surface area contributed by atoms with E-state index in [0.29, 0.717) is 0 Å². The van der Waals surface area contributed by atoms with E-state index in [1.165, 1.54) is 11.3 Å². The van der Waals surface area contributed by atoms with E-state index in [2.05, 4.69) is 65.2 Å². The molecule has 0 unspecified atom stereocenters. The topological polar surface area (TPSA) is 50.1 Å². The number of anilines is 1. The predicted octanol–water partition coefficient (Wildman–Crippen LogP) is 3.10. The van der Waals surface area contributed by atoms with Gasteiger partial charge in [-0.25, -0.2) is 4.68 Å². The van der Waals surface area contributed by atoms with Gasteiger partial charge in [-0.1, -0.05) is 24.6 Å². The van der Waals surface area contributed by atoms with E-state index < -0.39 is 0 Å². The summed E-state index contributed by atoms with van der Waals surface area (Å²) >= 11 is 6.17. The Kier molecular flexibility index (Phi) is 5.29. The summed E-state index contributed by atoms with van der Waals surface area (Å²) < 4.78 is 1.97. The summed E-state index contributed by atoms with van der Waals surface area (Å²) in [5.74, 6) is 0.944. The fourth-order valence-electron chi connectivity index (χ4n) is 3.19. The molecule has 1 fully saturated rings. The molecule has 1 saturated heterocycles. The van der Waals surface area contributed by atoms with Gasteiger partial charge in [-0.2, -0.15) is 0 Å². The van der Waals surface area contributed by atoms with E-state index in [-0.39, 0.29) is 5.54 Å². The van der Waals surface area contributed by atoms with Crippen molar-refractivity contribution in [1.29, 1.82) is 0 Å². The second kappa shape index (κ2) is 7.30. The van der Waals surface area contributed by atoms with E-state index in [4.69, 9.17) is 11.6 Å². The Labute approximate surface area is 154 Å². The molecular formula is C18H27ClN6. The van der Waals surface area contributed by atoms with Gasteiger partial charge >= 0.3 is 0 Å². The van der Waals surface area contributed by atoms with Gasteiger partial charge in [0, 0.05) is 36.9 Å². The monoisotopic (exact) mass is 362 g/mol. The number of rotatable bonds is 5. The lowest BCUT2D eigenvalue weighted by molar-refractivity contribution is 0.221. The number of aryl methyl sites for hydroxylation is 1. The van der Waals surface area contributed by atoms with Crippen LogP contribution in [-0.2, 0) is 12.1 Å². The molecule has 0 N–H and O–H groups in total. The van der Waals surface area contributed by atoms with E-state index in [0.717, 1.165) is 50.0 Å². The smallest absolute Gasteiger partial charge is 0.165 e. The highest BCUT2D eigenvalue weighted by molar-refractivity contribution is 6.30. The summed E-state index contributed by atoms with van der Waals surface area (Å²) in [7, 11) is 0. The molecule has 0 bridgehead atoms. The van der Waals surface area contributed by atoms with Crippen LogP contribution in [0.4, 0.5) is 5.69 Å². The lowest BCUT2D eigenvalue weighted by Crippen LogP contribution is -2.46. The normalized spacial score (nSPS) is 16.4. The zero-order valence-corrected chi connectivity index (χ0v) is 16.3. The summed E-state index contributed by atoms with van der Waals surface area (Å²) in [6.07, 6.45) is 0.993. The molecule has 1 aliphatic rings. The van der Waals surface area contributed by atoms with Crippen molar-refractivity contribution in [2.45, 2.75) is 46.2 Å². The van der Waals surface area contributed by atoms with Crippen LogP contribution in [0, 0.1) is 6.92 Å². The minimum absolute atomic E-state index is 0.0570. The van der Waals surface area contributed by atoms with E-state index >= 15 is 0 Å². The largest absolute Gasteiger partial charge is 0.369 e. The van der Waals surface area contributed by atoms with E-state index in [1.54, 1.807) is 0 Å². The maximum atomic E-state index is 6.17. The standard InChI is InChI=1S/C18H27ClN6/c1-5-18(3,4)25-17(20-21-22-25)13-23-8-10-24(11-9-23)16-12-15(19)7-6-14(16)2/h6-7,12H,5,8-11,13H2,1-4H3. The number of hydrogen-bond donors (Lipinski definition) is 0. The first-order chi connectivity index (χ1) is 11.9. The molecule has 0 spiro atoms. The molecule has 0 saturated carbocycles. The molecule has 2 aromatic rings. The first kappa shape index (κ1) is 18.1. The van der Waals surface area contributed by atoms with Crippen LogP contribution >= 0.6 is 11.6 Å². The van der Waals surface area contributed by atoms with Gasteiger partial charge in [-0.15, -0.1) is 5.10 Å². The number of nitrogens with zero attached hydrogens (tertiary/aromatic N) is 6. The van der Waals surface area contributed by atoms with Gasteiger partial charge in [-0.05, 0) is 55.3 Å². The molecule has 0 aliphatic carbocycles. The third-order valence-electron chi connectivity index (χ3n) is 5.22. The Balaban J connectivity index is 1.64. The Morgan fingerprint density at radius 3 is 2.56 bits per heavy atom. The number of benzene rings is 1. The Hall–Kier alpha value is -1.66. The first-order valence-corrected chi connectivity index (χ1v) is 9.29. The zero-order chi connectivity index (χ0) is 18.0. The molecule has 1 aliphatic heterocycles. The van der Waals surface area contributed by atoms with Crippen LogP contribution in [0.15, 0.2) is 18.2 Å². The average Bonchev–Trinajstić information content (AvgIpc) is 3.07. The van der Waals surface area contributed by atoms with Crippen molar-refractivity contribution in [3.63, 3.8) is 0 Å². The average molecular weight is 363 g/mol. The Morgan fingerprint density at radius 1 is 1.16 bits per heavy atom. The molecule has 0 radical (unpaired) electrons. The van der Waals surface area contributed by atoms with Gasteiger partial charge in [0.2, 0.25) is 0 Å². The summed E-state index contributed by atoms with van der Waals surface area (Å²) in [5.41, 5.74) is 2.45. The predicted molar refractivity (Wildman–Crippen MR) is 101 cm³/mol. The quantitative estimate of drug-likeness (QED) is 0.818. The molecule has 7 heteroatoms. The molecule has 136 valence electrons. The SMILES string of the molecule is CCC(C)(C)n1nnnc1CN1CCN(c2cc(Cl)ccc2C)CC1. The van der Waals surface area contributed by atoms with Crippen LogP contribution < -0.4 is 4.90 Å². The molecule has 1 aromatic carbocycles. The highest BCUT2D eigenvalue weighted by Gasteiger charge is 2.26. The molecule has 3 rings (SSSR count). The second-order valence-corrected chi connectivity index (χ2v) is 7.80. The summed E-state index contributed by atoms with van der Waals surface area (Å²) in [5, 5.41) is 13.2. The summed E-state index contributed by atoms with van der Waals surface area (Å²) in [6, 6.07) is 6.10. The van der Waals surface area contributed by atoms with Crippen LogP contribution in [0.3, 0.4) is 0 Å². The van der Waals surface area contributed by atoms with Gasteiger partial charge in [0.05, 0.1) is 12.1 Å². The Morgan fingerprint density at radius 2 is 1.88 bits per heavy atom. The van der Waals surface area contributed by atoms with Crippen LogP contribution in [0.25, 0.3) is 0 Å². The van der Waals surface area contributed by atoms with Gasteiger partial charge in [-0.3, -0.25) is 4.90 Å². The number of halogens is 1. The number of piperazine rings is 1. The molecule has 0 amide bonds. The molecular weight excluding hydrogens is 336 g/mol. The molecule has 1 aromatic heterocycles. The molecule has 6 nitrogen and oxygen atoms in total. The van der Waals surface area contributed by atoms with Crippen LogP contribution in [0.5, 0.6) is 0 Å². The Bertz CT molecular complexity index is 718. The zero-order valence-electron chi connectivity index (χ0n) is 15.5. The van der Waals surface area contributed by atoms with Gasteiger partial charge in [0.15, 0.2) is 5.82 Å². The minimum Gasteiger partial charge on any atom is -0.369 e. The lowest BCUT2D eigenvalue weighted by Gasteiger charge is -2.37. The van der Waals surface area contributed by atoms with Crippen molar-refractivity contribution < 1.29 is 0 Å². The van der Waals surface area contributed by atoms with Gasteiger partial charge < -0.3 is 4.90 Å². The summed E-state index contributed by atoms with van der Waals surface area (Å²) in [6.45, 7) is 13.4. The van der Waals surface area contributed by atoms with Crippen molar-refractivity contribution >= 4 is 17.3 Å². The number of aromatic nitrogens is 4. The molecule has 0 atom stereocenters. The maximum Gasteiger partial charge on any atom is 0.165 e. The highest BCUT2D eigenvalue weighted by atomic mass is 35.5. The fourth-order valence-corrected chi connectivity index (χ4v) is 3.36. The third-order valence-corrected chi connectivity index (χ3v) is 5.46. The maximum absolute atomic E-state index is 6.17. The second-order valence-electron chi connectivity index (χ2n) is 7.37. The fraction of sp³-hybridized carbons (Fsp3) is 0.611. The van der Waals surface area contributed by atoms with Crippen LogP contribution in [0.2, 0.25) is 5.02 Å². The number of hydrogen-bond acceptors (Lipinski definition) is 5. The van der Waals surface area contributed by atoms with Crippen LogP contribution in [0.1, 0.15) is 38.6 Å². The molecule has 25 heavy (non-hydrogen) atoms. The van der Waals surface area contributed by atoms with Gasteiger partial charge in [0.1, 0.15) is 0 Å². The highest BCUT2D eigenvalue weighted by Crippen LogP contribution is 2.26. The van der Waals surface area contributed by atoms with Crippen molar-refractivity contribution in [1.82, 2.24) is 25.1 Å². The first-order valence-electron chi connectivity index (χ1n) is 8.92. The number of tetrazole rings is 1. The minimum atomic E-state index is -0.0570. The van der Waals surface area contributed by atoms with Crippen LogP contribution in [-0.4, -0.2) is 51.3 Å². The van der Waals surface area contributed by atoms with Crippen molar-refractivity contribution in [3.05, 3.63) is 34.6 Å². The third kappa shape index (κ3) is 3.96. The molecule has 2 heterocycles. The van der Waals surface area contributed by atoms with Crippen molar-refractivity contribution in [3.8, 4) is 0 Å². The van der Waals surface area contributed by atoms with Crippen molar-refractivity contribution in [2.75, 3.05) is 31.1 Å². The van der Waals surface area contributed by atoms with E-state index in [1.807, 2.05) is 10.7 Å². The summed E-state index contributed by atoms with van der Waals surface area (Å²) in [4.78, 5) is 4.83. The van der Waals surface area contributed by atoms with E-state index in [9.17, 15) is 0 Å². The van der Waals surface area contributed by atoms with Crippen molar-refractivity contribution in [2.24, 2.45) is 0 Å². The van der Waals surface area contributed by atoms with Gasteiger partial charge in [0.25, 0.3) is 0 Å². The lowest BCUT2D eigenvalue weighted by atomic mass is 10.0.